The number of carbonyl (C=O) groups is 1. The number of Topliss-reactive ketones (excluding diaryl/α,β-unsaturated/α-hetero) is 1. The van der Waals surface area contributed by atoms with Crippen LogP contribution in [-0.4, -0.2) is 12.4 Å². The summed E-state index contributed by atoms with van der Waals surface area (Å²) in [7, 11) is 0. The molecule has 1 aliphatic rings. The minimum atomic E-state index is 0.234. The fraction of sp³-hybridized carbons (Fsp3) is 0.250. The van der Waals surface area contributed by atoms with Crippen molar-refractivity contribution in [3.05, 3.63) is 40.9 Å². The summed E-state index contributed by atoms with van der Waals surface area (Å²) in [6.07, 6.45) is 3.18. The number of aryl methyl sites for hydroxylation is 1. The molecule has 1 aromatic carbocycles. The quantitative estimate of drug-likeness (QED) is 0.786. The van der Waals surface area contributed by atoms with Gasteiger partial charge in [0.1, 0.15) is 12.4 Å². The van der Waals surface area contributed by atoms with Crippen molar-refractivity contribution in [2.45, 2.75) is 12.8 Å². The summed E-state index contributed by atoms with van der Waals surface area (Å²) in [5.41, 5.74) is 3.36. The third-order valence-corrected chi connectivity index (χ3v) is 2.61. The summed E-state index contributed by atoms with van der Waals surface area (Å²) in [6.45, 7) is 0.455. The number of hydrogen-bond donors (Lipinski definition) is 0. The van der Waals surface area contributed by atoms with Gasteiger partial charge in [-0.05, 0) is 36.3 Å². The smallest absolute Gasteiger partial charge is 0.163 e. The number of carbonyl (C=O) groups excluding carboxylic acids is 1. The molecule has 1 aromatic rings. The van der Waals surface area contributed by atoms with Crippen LogP contribution in [0.1, 0.15) is 22.3 Å². The first-order valence-corrected chi connectivity index (χ1v) is 5.29. The van der Waals surface area contributed by atoms with Gasteiger partial charge < -0.3 is 4.74 Å². The van der Waals surface area contributed by atoms with Gasteiger partial charge in [-0.1, -0.05) is 11.6 Å². The maximum absolute atomic E-state index is 11.4. The molecule has 0 aromatic heterocycles. The molecule has 0 radical (unpaired) electrons. The first-order chi connectivity index (χ1) is 7.31. The first kappa shape index (κ1) is 10.2. The van der Waals surface area contributed by atoms with E-state index in [9.17, 15) is 4.79 Å². The van der Waals surface area contributed by atoms with Crippen molar-refractivity contribution in [2.75, 3.05) is 6.61 Å². The molecule has 0 N–H and O–H groups in total. The summed E-state index contributed by atoms with van der Waals surface area (Å²) in [6, 6.07) is 5.59. The lowest BCUT2D eigenvalue weighted by Crippen LogP contribution is -1.95. The Hall–Kier alpha value is -1.28. The molecule has 0 fully saturated rings. The predicted molar refractivity (Wildman–Crippen MR) is 59.6 cm³/mol. The Balaban J connectivity index is 2.12. The molecule has 3 heteroatoms. The van der Waals surface area contributed by atoms with Crippen LogP contribution in [0.5, 0.6) is 5.75 Å². The normalized spacial score (nSPS) is 14.6. The Bertz CT molecular complexity index is 410. The molecule has 0 atom stereocenters. The molecule has 2 rings (SSSR count). The van der Waals surface area contributed by atoms with Crippen LogP contribution < -0.4 is 4.74 Å². The van der Waals surface area contributed by atoms with Gasteiger partial charge in [0.2, 0.25) is 0 Å². The summed E-state index contributed by atoms with van der Waals surface area (Å²) in [5, 5.41) is 0. The van der Waals surface area contributed by atoms with Gasteiger partial charge in [-0.2, -0.15) is 0 Å². The third kappa shape index (κ3) is 2.21. The van der Waals surface area contributed by atoms with E-state index in [1.54, 1.807) is 6.08 Å². The van der Waals surface area contributed by atoms with Gasteiger partial charge >= 0.3 is 0 Å². The van der Waals surface area contributed by atoms with Gasteiger partial charge in [-0.25, -0.2) is 0 Å². The van der Waals surface area contributed by atoms with Crippen LogP contribution >= 0.6 is 11.6 Å². The number of rotatable bonds is 3. The molecule has 15 heavy (non-hydrogen) atoms. The van der Waals surface area contributed by atoms with Crippen molar-refractivity contribution in [1.82, 2.24) is 0 Å². The maximum atomic E-state index is 11.4. The zero-order valence-electron chi connectivity index (χ0n) is 8.20. The second kappa shape index (κ2) is 4.49. The number of hydrogen-bond acceptors (Lipinski definition) is 2. The lowest BCUT2D eigenvalue weighted by molar-refractivity contribution is 0.0994. The van der Waals surface area contributed by atoms with E-state index in [4.69, 9.17) is 16.3 Å². The highest BCUT2D eigenvalue weighted by Crippen LogP contribution is 2.25. The Kier molecular flexibility index (Phi) is 3.07. The summed E-state index contributed by atoms with van der Waals surface area (Å²) in [5.74, 6) is 1.02. The number of ketones is 1. The summed E-state index contributed by atoms with van der Waals surface area (Å²) < 4.78 is 5.42. The topological polar surface area (TPSA) is 26.3 Å². The Morgan fingerprint density at radius 3 is 3.07 bits per heavy atom. The zero-order valence-corrected chi connectivity index (χ0v) is 8.96. The molecule has 0 heterocycles. The van der Waals surface area contributed by atoms with E-state index in [1.807, 2.05) is 18.2 Å². The molecule has 0 unspecified atom stereocenters. The lowest BCUT2D eigenvalue weighted by Gasteiger charge is -2.04. The highest BCUT2D eigenvalue weighted by Gasteiger charge is 2.19. The van der Waals surface area contributed by atoms with Crippen molar-refractivity contribution in [3.8, 4) is 5.75 Å². The van der Waals surface area contributed by atoms with Crippen molar-refractivity contribution >= 4 is 17.4 Å². The van der Waals surface area contributed by atoms with Crippen LogP contribution in [-0.2, 0) is 6.42 Å². The van der Waals surface area contributed by atoms with E-state index < -0.39 is 0 Å². The van der Waals surface area contributed by atoms with Crippen LogP contribution in [0.2, 0.25) is 0 Å². The molecular weight excluding hydrogens is 212 g/mol. The first-order valence-electron chi connectivity index (χ1n) is 4.85. The van der Waals surface area contributed by atoms with Crippen LogP contribution in [0.3, 0.4) is 0 Å². The second-order valence-corrected chi connectivity index (χ2v) is 3.67. The fourth-order valence-corrected chi connectivity index (χ4v) is 1.78. The molecular formula is C12H11ClO2. The molecule has 2 nitrogen and oxygen atoms in total. The molecule has 78 valence electrons. The van der Waals surface area contributed by atoms with Crippen molar-refractivity contribution in [2.24, 2.45) is 0 Å². The summed E-state index contributed by atoms with van der Waals surface area (Å²) in [4.78, 5) is 11.4. The Morgan fingerprint density at radius 2 is 2.27 bits per heavy atom. The standard InChI is InChI=1S/C12H11ClO2/c13-6-1-7-15-10-3-4-11-9(8-10)2-5-12(11)14/h1,3-4,6,8H,2,5,7H2/b6-1+. The molecule has 0 bridgehead atoms. The number of fused-ring (bicyclic) bond motifs is 1. The second-order valence-electron chi connectivity index (χ2n) is 3.41. The molecule has 0 aliphatic heterocycles. The third-order valence-electron chi connectivity index (χ3n) is 2.43. The lowest BCUT2D eigenvalue weighted by atomic mass is 10.1. The van der Waals surface area contributed by atoms with E-state index in [1.165, 1.54) is 5.54 Å². The van der Waals surface area contributed by atoms with Crippen LogP contribution in [0.4, 0.5) is 0 Å². The average molecular weight is 223 g/mol. The fourth-order valence-electron chi connectivity index (χ4n) is 1.70. The largest absolute Gasteiger partial charge is 0.489 e. The minimum Gasteiger partial charge on any atom is -0.489 e. The maximum Gasteiger partial charge on any atom is 0.163 e. The minimum absolute atomic E-state index is 0.234. The van der Waals surface area contributed by atoms with E-state index in [-0.39, 0.29) is 5.78 Å². The summed E-state index contributed by atoms with van der Waals surface area (Å²) >= 11 is 5.38. The number of benzene rings is 1. The van der Waals surface area contributed by atoms with Crippen LogP contribution in [0.25, 0.3) is 0 Å². The predicted octanol–water partition coefficient (Wildman–Crippen LogP) is 2.95. The van der Waals surface area contributed by atoms with E-state index in [0.717, 1.165) is 23.3 Å². The zero-order chi connectivity index (χ0) is 10.7. The highest BCUT2D eigenvalue weighted by atomic mass is 35.5. The monoisotopic (exact) mass is 222 g/mol. The highest BCUT2D eigenvalue weighted by molar-refractivity contribution is 6.25. The van der Waals surface area contributed by atoms with Crippen molar-refractivity contribution in [3.63, 3.8) is 0 Å². The van der Waals surface area contributed by atoms with Gasteiger partial charge in [0.25, 0.3) is 0 Å². The van der Waals surface area contributed by atoms with E-state index >= 15 is 0 Å². The molecule has 0 spiro atoms. The van der Waals surface area contributed by atoms with Crippen LogP contribution in [0.15, 0.2) is 29.8 Å². The SMILES string of the molecule is O=C1CCc2cc(OC/C=C/Cl)ccc21. The number of halogens is 1. The van der Waals surface area contributed by atoms with Crippen LogP contribution in [0, 0.1) is 0 Å². The van der Waals surface area contributed by atoms with Gasteiger partial charge in [0, 0.05) is 17.5 Å². The number of ether oxygens (including phenoxy) is 1. The molecule has 0 saturated carbocycles. The van der Waals surface area contributed by atoms with Crippen molar-refractivity contribution < 1.29 is 9.53 Å². The van der Waals surface area contributed by atoms with Gasteiger partial charge in [0.15, 0.2) is 5.78 Å². The van der Waals surface area contributed by atoms with Gasteiger partial charge in [-0.15, -0.1) is 0 Å². The van der Waals surface area contributed by atoms with E-state index in [0.29, 0.717) is 13.0 Å². The molecule has 0 amide bonds. The van der Waals surface area contributed by atoms with Gasteiger partial charge in [0.05, 0.1) is 0 Å². The molecule has 1 aliphatic carbocycles. The Labute approximate surface area is 93.5 Å². The molecule has 0 saturated heterocycles. The Morgan fingerprint density at radius 1 is 1.40 bits per heavy atom. The van der Waals surface area contributed by atoms with Gasteiger partial charge in [-0.3, -0.25) is 4.79 Å². The van der Waals surface area contributed by atoms with Crippen molar-refractivity contribution in [1.29, 1.82) is 0 Å². The average Bonchev–Trinajstić information content (AvgIpc) is 2.61. The van der Waals surface area contributed by atoms with E-state index in [2.05, 4.69) is 0 Å².